The summed E-state index contributed by atoms with van der Waals surface area (Å²) >= 11 is 0. The molecule has 1 aliphatic rings. The first-order valence-corrected chi connectivity index (χ1v) is 10.3. The molecule has 0 spiro atoms. The van der Waals surface area contributed by atoms with Gasteiger partial charge in [0.15, 0.2) is 0 Å². The molecule has 1 aliphatic heterocycles. The Morgan fingerprint density at radius 3 is 2.33 bits per heavy atom. The van der Waals surface area contributed by atoms with Crippen molar-refractivity contribution in [3.8, 4) is 11.5 Å². The van der Waals surface area contributed by atoms with Gasteiger partial charge in [-0.2, -0.15) is 0 Å². The standard InChI is InChI=1S/C25H27NO4/c1-29-21-14-8-15-22(30-2)23(21)24(26-16-6-5-13-20(26)25(27)28)19-12-7-10-17-9-3-4-11-18(17)19/h3-4,7-12,14-15,20,24H,5-6,13,16H2,1-2H3,(H,27,28). The van der Waals surface area contributed by atoms with Crippen LogP contribution in [0.3, 0.4) is 0 Å². The van der Waals surface area contributed by atoms with E-state index in [1.807, 2.05) is 36.4 Å². The number of piperidine rings is 1. The van der Waals surface area contributed by atoms with Crippen molar-refractivity contribution >= 4 is 16.7 Å². The zero-order valence-electron chi connectivity index (χ0n) is 17.4. The van der Waals surface area contributed by atoms with Gasteiger partial charge in [-0.25, -0.2) is 0 Å². The van der Waals surface area contributed by atoms with Gasteiger partial charge in [0.2, 0.25) is 0 Å². The average Bonchev–Trinajstić information content (AvgIpc) is 2.79. The molecule has 4 rings (SSSR count). The van der Waals surface area contributed by atoms with Crippen LogP contribution in [0.1, 0.15) is 36.4 Å². The van der Waals surface area contributed by atoms with Gasteiger partial charge in [0.05, 0.1) is 25.8 Å². The molecule has 0 amide bonds. The van der Waals surface area contributed by atoms with E-state index in [2.05, 4.69) is 29.2 Å². The molecule has 0 radical (unpaired) electrons. The van der Waals surface area contributed by atoms with Crippen LogP contribution in [0.2, 0.25) is 0 Å². The summed E-state index contributed by atoms with van der Waals surface area (Å²) in [5.41, 5.74) is 1.93. The van der Waals surface area contributed by atoms with Gasteiger partial charge >= 0.3 is 5.97 Å². The number of ether oxygens (including phenoxy) is 2. The Morgan fingerprint density at radius 2 is 1.63 bits per heavy atom. The molecular formula is C25H27NO4. The van der Waals surface area contributed by atoms with Gasteiger partial charge in [-0.3, -0.25) is 9.69 Å². The van der Waals surface area contributed by atoms with Crippen molar-refractivity contribution < 1.29 is 19.4 Å². The number of carboxylic acids is 1. The number of hydrogen-bond acceptors (Lipinski definition) is 4. The molecule has 0 aromatic heterocycles. The van der Waals surface area contributed by atoms with Crippen LogP contribution in [0.25, 0.3) is 10.8 Å². The van der Waals surface area contributed by atoms with Crippen LogP contribution in [0.4, 0.5) is 0 Å². The Bertz CT molecular complexity index is 1020. The maximum absolute atomic E-state index is 12.2. The number of fused-ring (bicyclic) bond motifs is 1. The summed E-state index contributed by atoms with van der Waals surface area (Å²) in [6.45, 7) is 0.700. The molecule has 2 unspecified atom stereocenters. The van der Waals surface area contributed by atoms with E-state index in [1.165, 1.54) is 0 Å². The summed E-state index contributed by atoms with van der Waals surface area (Å²) in [7, 11) is 3.28. The summed E-state index contributed by atoms with van der Waals surface area (Å²) in [6.07, 6.45) is 2.51. The molecule has 5 nitrogen and oxygen atoms in total. The van der Waals surface area contributed by atoms with Gasteiger partial charge in [-0.1, -0.05) is 55.0 Å². The lowest BCUT2D eigenvalue weighted by Gasteiger charge is -2.40. The number of carbonyl (C=O) groups is 1. The van der Waals surface area contributed by atoms with Gasteiger partial charge < -0.3 is 14.6 Å². The predicted octanol–water partition coefficient (Wildman–Crippen LogP) is 4.89. The lowest BCUT2D eigenvalue weighted by atomic mass is 9.88. The number of carboxylic acid groups (broad SMARTS) is 1. The first-order valence-electron chi connectivity index (χ1n) is 10.3. The Morgan fingerprint density at radius 1 is 0.967 bits per heavy atom. The third-order valence-corrected chi connectivity index (χ3v) is 6.02. The fourth-order valence-corrected chi connectivity index (χ4v) is 4.67. The molecule has 3 aromatic rings. The predicted molar refractivity (Wildman–Crippen MR) is 117 cm³/mol. The van der Waals surface area contributed by atoms with Gasteiger partial charge in [0, 0.05) is 0 Å². The van der Waals surface area contributed by atoms with Crippen molar-refractivity contribution in [3.63, 3.8) is 0 Å². The second kappa shape index (κ2) is 8.76. The smallest absolute Gasteiger partial charge is 0.320 e. The quantitative estimate of drug-likeness (QED) is 0.633. The average molecular weight is 405 g/mol. The summed E-state index contributed by atoms with van der Waals surface area (Å²) in [5.74, 6) is 0.609. The van der Waals surface area contributed by atoms with Crippen molar-refractivity contribution in [2.24, 2.45) is 0 Å². The summed E-state index contributed by atoms with van der Waals surface area (Å²) in [5, 5.41) is 12.2. The zero-order valence-corrected chi connectivity index (χ0v) is 17.4. The van der Waals surface area contributed by atoms with Crippen LogP contribution >= 0.6 is 0 Å². The SMILES string of the molecule is COc1cccc(OC)c1C(c1cccc2ccccc12)N1CCCCC1C(=O)O. The molecule has 30 heavy (non-hydrogen) atoms. The number of rotatable bonds is 6. The van der Waals surface area contributed by atoms with E-state index in [0.29, 0.717) is 24.5 Å². The van der Waals surface area contributed by atoms with E-state index in [9.17, 15) is 9.90 Å². The van der Waals surface area contributed by atoms with Crippen molar-refractivity contribution in [3.05, 3.63) is 71.8 Å². The molecule has 5 heteroatoms. The van der Waals surface area contributed by atoms with E-state index >= 15 is 0 Å². The van der Waals surface area contributed by atoms with E-state index < -0.39 is 12.0 Å². The van der Waals surface area contributed by atoms with Gasteiger partial charge in [-0.15, -0.1) is 0 Å². The maximum Gasteiger partial charge on any atom is 0.320 e. The van der Waals surface area contributed by atoms with E-state index in [0.717, 1.165) is 34.7 Å². The van der Waals surface area contributed by atoms with Crippen molar-refractivity contribution in [2.75, 3.05) is 20.8 Å². The lowest BCUT2D eigenvalue weighted by Crippen LogP contribution is -2.47. The van der Waals surface area contributed by atoms with Gasteiger partial charge in [0.1, 0.15) is 17.5 Å². The Hall–Kier alpha value is -3.05. The Kier molecular flexibility index (Phi) is 5.91. The first kappa shape index (κ1) is 20.2. The number of methoxy groups -OCH3 is 2. The molecule has 2 atom stereocenters. The van der Waals surface area contributed by atoms with Crippen molar-refractivity contribution in [2.45, 2.75) is 31.3 Å². The summed E-state index contributed by atoms with van der Waals surface area (Å²) < 4.78 is 11.5. The van der Waals surface area contributed by atoms with Crippen molar-refractivity contribution in [1.82, 2.24) is 4.90 Å². The molecule has 0 bridgehead atoms. The van der Waals surface area contributed by atoms with E-state index in [-0.39, 0.29) is 6.04 Å². The first-order chi connectivity index (χ1) is 14.7. The zero-order chi connectivity index (χ0) is 21.1. The third-order valence-electron chi connectivity index (χ3n) is 6.02. The normalized spacial score (nSPS) is 18.1. The molecule has 3 aromatic carbocycles. The van der Waals surface area contributed by atoms with Crippen LogP contribution in [-0.2, 0) is 4.79 Å². The van der Waals surface area contributed by atoms with Crippen molar-refractivity contribution in [1.29, 1.82) is 0 Å². The minimum atomic E-state index is -0.784. The number of hydrogen-bond donors (Lipinski definition) is 1. The molecule has 0 saturated carbocycles. The fraction of sp³-hybridized carbons (Fsp3) is 0.320. The number of aliphatic carboxylic acids is 1. The summed E-state index contributed by atoms with van der Waals surface area (Å²) in [4.78, 5) is 14.3. The van der Waals surface area contributed by atoms with E-state index in [4.69, 9.17) is 9.47 Å². The third kappa shape index (κ3) is 3.61. The molecule has 1 N–H and O–H groups in total. The van der Waals surface area contributed by atoms with Crippen LogP contribution in [-0.4, -0.2) is 42.8 Å². The van der Waals surface area contributed by atoms with Gasteiger partial charge in [0.25, 0.3) is 0 Å². The molecule has 1 fully saturated rings. The Balaban J connectivity index is 2.00. The van der Waals surface area contributed by atoms with E-state index in [1.54, 1.807) is 14.2 Å². The highest BCUT2D eigenvalue weighted by Crippen LogP contribution is 2.44. The molecular weight excluding hydrogens is 378 g/mol. The minimum absolute atomic E-state index is 0.302. The summed E-state index contributed by atoms with van der Waals surface area (Å²) in [6, 6.07) is 19.3. The van der Waals surface area contributed by atoms with Gasteiger partial charge in [-0.05, 0) is 47.9 Å². The lowest BCUT2D eigenvalue weighted by molar-refractivity contribution is -0.145. The fourth-order valence-electron chi connectivity index (χ4n) is 4.67. The largest absolute Gasteiger partial charge is 0.496 e. The Labute approximate surface area is 176 Å². The number of likely N-dealkylation sites (tertiary alicyclic amines) is 1. The second-order valence-corrected chi connectivity index (χ2v) is 7.63. The van der Waals surface area contributed by atoms with Crippen LogP contribution in [0.5, 0.6) is 11.5 Å². The number of nitrogens with zero attached hydrogens (tertiary/aromatic N) is 1. The van der Waals surface area contributed by atoms with Crippen LogP contribution in [0.15, 0.2) is 60.7 Å². The highest BCUT2D eigenvalue weighted by Gasteiger charge is 2.38. The molecule has 156 valence electrons. The topological polar surface area (TPSA) is 59.0 Å². The highest BCUT2D eigenvalue weighted by atomic mass is 16.5. The molecule has 1 heterocycles. The van der Waals surface area contributed by atoms with Crippen LogP contribution in [0, 0.1) is 0 Å². The molecule has 0 aliphatic carbocycles. The minimum Gasteiger partial charge on any atom is -0.496 e. The molecule has 1 saturated heterocycles. The number of benzene rings is 3. The van der Waals surface area contributed by atoms with Crippen LogP contribution < -0.4 is 9.47 Å². The maximum atomic E-state index is 12.2. The monoisotopic (exact) mass is 405 g/mol. The second-order valence-electron chi connectivity index (χ2n) is 7.63. The highest BCUT2D eigenvalue weighted by molar-refractivity contribution is 5.87.